The van der Waals surface area contributed by atoms with Gasteiger partial charge >= 0.3 is 7.12 Å². The highest BCUT2D eigenvalue weighted by molar-refractivity contribution is 6.62. The first-order valence-corrected chi connectivity index (χ1v) is 9.26. The van der Waals surface area contributed by atoms with Gasteiger partial charge in [-0.2, -0.15) is 0 Å². The van der Waals surface area contributed by atoms with Crippen molar-refractivity contribution < 1.29 is 9.31 Å². The number of halogens is 1. The van der Waals surface area contributed by atoms with Gasteiger partial charge in [-0.25, -0.2) is 9.97 Å². The van der Waals surface area contributed by atoms with Gasteiger partial charge in [-0.15, -0.1) is 0 Å². The Labute approximate surface area is 164 Å². The number of hydrogen-bond donors (Lipinski definition) is 1. The van der Waals surface area contributed by atoms with Gasteiger partial charge in [0.05, 0.1) is 16.7 Å². The number of fused-ring (bicyclic) bond motifs is 1. The Kier molecular flexibility index (Phi) is 4.37. The van der Waals surface area contributed by atoms with Gasteiger partial charge in [-0.3, -0.25) is 0 Å². The van der Waals surface area contributed by atoms with Crippen molar-refractivity contribution in [1.82, 2.24) is 9.97 Å². The molecule has 1 N–H and O–H groups in total. The summed E-state index contributed by atoms with van der Waals surface area (Å²) in [6.07, 6.45) is 1.55. The van der Waals surface area contributed by atoms with E-state index in [0.29, 0.717) is 10.8 Å². The highest BCUT2D eigenvalue weighted by Crippen LogP contribution is 2.36. The molecule has 138 valence electrons. The number of rotatable bonds is 3. The first-order valence-electron chi connectivity index (χ1n) is 8.88. The second-order valence-corrected chi connectivity index (χ2v) is 8.16. The fourth-order valence-corrected chi connectivity index (χ4v) is 3.19. The van der Waals surface area contributed by atoms with Crippen LogP contribution in [-0.4, -0.2) is 28.3 Å². The van der Waals surface area contributed by atoms with Crippen LogP contribution in [0.1, 0.15) is 27.7 Å². The molecule has 27 heavy (non-hydrogen) atoms. The van der Waals surface area contributed by atoms with Crippen molar-refractivity contribution in [3.63, 3.8) is 0 Å². The summed E-state index contributed by atoms with van der Waals surface area (Å²) < 4.78 is 12.3. The topological polar surface area (TPSA) is 56.3 Å². The molecule has 1 aromatic heterocycles. The molecule has 0 bridgehead atoms. The number of nitrogens with zero attached hydrogens (tertiary/aromatic N) is 2. The summed E-state index contributed by atoms with van der Waals surface area (Å²) in [5, 5.41) is 4.88. The second-order valence-electron chi connectivity index (χ2n) is 7.72. The lowest BCUT2D eigenvalue weighted by Gasteiger charge is -2.32. The molecule has 0 atom stereocenters. The van der Waals surface area contributed by atoms with Gasteiger partial charge < -0.3 is 14.6 Å². The summed E-state index contributed by atoms with van der Waals surface area (Å²) >= 11 is 6.09. The van der Waals surface area contributed by atoms with Gasteiger partial charge in [0.25, 0.3) is 0 Å². The maximum absolute atomic E-state index is 6.17. The minimum absolute atomic E-state index is 0.387. The van der Waals surface area contributed by atoms with Crippen LogP contribution >= 0.6 is 11.6 Å². The summed E-state index contributed by atoms with van der Waals surface area (Å²) in [5.74, 6) is 0.709. The number of aromatic nitrogens is 2. The Morgan fingerprint density at radius 2 is 1.70 bits per heavy atom. The van der Waals surface area contributed by atoms with E-state index in [1.165, 1.54) is 0 Å². The lowest BCUT2D eigenvalue weighted by molar-refractivity contribution is 0.00578. The van der Waals surface area contributed by atoms with Crippen molar-refractivity contribution in [3.05, 3.63) is 53.8 Å². The summed E-state index contributed by atoms with van der Waals surface area (Å²) in [7, 11) is -0.432. The second kappa shape index (κ2) is 6.48. The average molecular weight is 382 g/mol. The highest BCUT2D eigenvalue weighted by atomic mass is 35.5. The SMILES string of the molecule is CC1(C)OB(c2ccc3ncnc(Nc4cccc(Cl)c4)c3c2)OC1(C)C. The number of anilines is 2. The maximum Gasteiger partial charge on any atom is 0.494 e. The Balaban J connectivity index is 1.72. The van der Waals surface area contributed by atoms with E-state index in [4.69, 9.17) is 20.9 Å². The van der Waals surface area contributed by atoms with Crippen LogP contribution in [0.5, 0.6) is 0 Å². The quantitative estimate of drug-likeness (QED) is 0.685. The molecule has 0 spiro atoms. The molecule has 1 aliphatic heterocycles. The number of nitrogens with one attached hydrogen (secondary N) is 1. The van der Waals surface area contributed by atoms with E-state index < -0.39 is 7.12 Å². The van der Waals surface area contributed by atoms with Gasteiger partial charge in [-0.1, -0.05) is 23.7 Å². The molecule has 0 amide bonds. The molecule has 0 saturated carbocycles. The number of benzene rings is 2. The third-order valence-electron chi connectivity index (χ3n) is 5.27. The molecule has 0 radical (unpaired) electrons. The molecule has 5 nitrogen and oxygen atoms in total. The molecule has 2 heterocycles. The van der Waals surface area contributed by atoms with E-state index in [9.17, 15) is 0 Å². The molecular formula is C20H21BClN3O2. The Hall–Kier alpha value is -2.15. The van der Waals surface area contributed by atoms with Crippen LogP contribution in [0, 0.1) is 0 Å². The standard InChI is InChI=1S/C20H21BClN3O2/c1-19(2)20(3,4)27-21(26-19)13-8-9-17-16(10-13)18(24-12-23-17)25-15-7-5-6-14(22)11-15/h5-12H,1-4H3,(H,23,24,25). The molecule has 1 fully saturated rings. The molecule has 1 aliphatic rings. The van der Waals surface area contributed by atoms with Gasteiger partial charge in [0, 0.05) is 16.1 Å². The summed E-state index contributed by atoms with van der Waals surface area (Å²) in [6.45, 7) is 8.18. The van der Waals surface area contributed by atoms with E-state index in [1.807, 2.05) is 70.2 Å². The monoisotopic (exact) mass is 381 g/mol. The van der Waals surface area contributed by atoms with Crippen molar-refractivity contribution >= 4 is 46.6 Å². The van der Waals surface area contributed by atoms with E-state index in [-0.39, 0.29) is 11.2 Å². The van der Waals surface area contributed by atoms with E-state index in [2.05, 4.69) is 15.3 Å². The predicted molar refractivity (Wildman–Crippen MR) is 110 cm³/mol. The van der Waals surface area contributed by atoms with Crippen LogP contribution in [0.15, 0.2) is 48.8 Å². The van der Waals surface area contributed by atoms with Crippen molar-refractivity contribution in [3.8, 4) is 0 Å². The van der Waals surface area contributed by atoms with Crippen molar-refractivity contribution in [2.75, 3.05) is 5.32 Å². The van der Waals surface area contributed by atoms with E-state index >= 15 is 0 Å². The molecule has 3 aromatic rings. The molecule has 4 rings (SSSR count). The molecule has 2 aromatic carbocycles. The average Bonchev–Trinajstić information content (AvgIpc) is 2.83. The molecular weight excluding hydrogens is 361 g/mol. The Morgan fingerprint density at radius 3 is 2.41 bits per heavy atom. The van der Waals surface area contributed by atoms with Gasteiger partial charge in [0.15, 0.2) is 0 Å². The van der Waals surface area contributed by atoms with E-state index in [1.54, 1.807) is 6.33 Å². The minimum atomic E-state index is -0.432. The summed E-state index contributed by atoms with van der Waals surface area (Å²) in [5.41, 5.74) is 1.87. The van der Waals surface area contributed by atoms with Crippen LogP contribution < -0.4 is 10.8 Å². The highest BCUT2D eigenvalue weighted by Gasteiger charge is 2.51. The van der Waals surface area contributed by atoms with E-state index in [0.717, 1.165) is 22.1 Å². The predicted octanol–water partition coefficient (Wildman–Crippen LogP) is 4.33. The molecule has 0 aliphatic carbocycles. The smallest absolute Gasteiger partial charge is 0.399 e. The molecule has 7 heteroatoms. The van der Waals surface area contributed by atoms with Gasteiger partial charge in [0.1, 0.15) is 12.1 Å². The first kappa shape index (κ1) is 18.2. The van der Waals surface area contributed by atoms with Crippen molar-refractivity contribution in [2.45, 2.75) is 38.9 Å². The van der Waals surface area contributed by atoms with Crippen LogP contribution in [0.3, 0.4) is 0 Å². The third-order valence-corrected chi connectivity index (χ3v) is 5.51. The molecule has 0 unspecified atom stereocenters. The van der Waals surface area contributed by atoms with Crippen LogP contribution in [0.4, 0.5) is 11.5 Å². The lowest BCUT2D eigenvalue weighted by Crippen LogP contribution is -2.41. The fraction of sp³-hybridized carbons (Fsp3) is 0.300. The largest absolute Gasteiger partial charge is 0.494 e. The van der Waals surface area contributed by atoms with Crippen molar-refractivity contribution in [1.29, 1.82) is 0 Å². The van der Waals surface area contributed by atoms with Gasteiger partial charge in [-0.05, 0) is 63.5 Å². The van der Waals surface area contributed by atoms with Crippen LogP contribution in [0.2, 0.25) is 5.02 Å². The third kappa shape index (κ3) is 3.40. The van der Waals surface area contributed by atoms with Crippen LogP contribution in [0.25, 0.3) is 10.9 Å². The molecule has 1 saturated heterocycles. The maximum atomic E-state index is 6.17. The van der Waals surface area contributed by atoms with Crippen LogP contribution in [-0.2, 0) is 9.31 Å². The minimum Gasteiger partial charge on any atom is -0.399 e. The summed E-state index contributed by atoms with van der Waals surface area (Å²) in [4.78, 5) is 8.78. The lowest BCUT2D eigenvalue weighted by atomic mass is 9.78. The zero-order chi connectivity index (χ0) is 19.2. The Morgan fingerprint density at radius 1 is 0.963 bits per heavy atom. The Bertz CT molecular complexity index is 993. The normalized spacial score (nSPS) is 18.0. The fourth-order valence-electron chi connectivity index (χ4n) is 3.00. The van der Waals surface area contributed by atoms with Gasteiger partial charge in [0.2, 0.25) is 0 Å². The zero-order valence-electron chi connectivity index (χ0n) is 15.8. The zero-order valence-corrected chi connectivity index (χ0v) is 16.5. The van der Waals surface area contributed by atoms with Crippen molar-refractivity contribution in [2.24, 2.45) is 0 Å². The first-order chi connectivity index (χ1) is 12.7. The number of hydrogen-bond acceptors (Lipinski definition) is 5. The summed E-state index contributed by atoms with van der Waals surface area (Å²) in [6, 6.07) is 13.5.